The topological polar surface area (TPSA) is 81.0 Å². The predicted octanol–water partition coefficient (Wildman–Crippen LogP) is 3.42. The third kappa shape index (κ3) is 3.10. The van der Waals surface area contributed by atoms with Gasteiger partial charge in [0.15, 0.2) is 5.01 Å². The van der Waals surface area contributed by atoms with E-state index < -0.39 is 0 Å². The lowest BCUT2D eigenvalue weighted by atomic mass is 10.1. The quantitative estimate of drug-likeness (QED) is 0.591. The molecule has 0 bridgehead atoms. The fraction of sp³-hybridized carbons (Fsp3) is 0.250. The number of benzene rings is 1. The molecule has 128 valence electrons. The molecule has 0 spiro atoms. The number of fused-ring (bicyclic) bond motifs is 1. The number of nitrogens with one attached hydrogen (secondary N) is 1. The number of aromatic amines is 1. The number of hydrogen-bond acceptors (Lipinski definition) is 6. The summed E-state index contributed by atoms with van der Waals surface area (Å²) in [5, 5.41) is 20.8. The molecule has 0 fully saturated rings. The molecule has 4 rings (SSSR count). The molecule has 0 unspecified atom stereocenters. The van der Waals surface area contributed by atoms with Crippen LogP contribution in [0.4, 0.5) is 4.39 Å². The van der Waals surface area contributed by atoms with Crippen molar-refractivity contribution in [3.63, 3.8) is 0 Å². The minimum Gasteiger partial charge on any atom is -0.486 e. The van der Waals surface area contributed by atoms with E-state index >= 15 is 0 Å². The van der Waals surface area contributed by atoms with Crippen LogP contribution in [0.15, 0.2) is 30.3 Å². The van der Waals surface area contributed by atoms with Gasteiger partial charge in [0, 0.05) is 5.69 Å². The predicted molar refractivity (Wildman–Crippen MR) is 91.1 cm³/mol. The van der Waals surface area contributed by atoms with Gasteiger partial charge < -0.3 is 4.74 Å². The summed E-state index contributed by atoms with van der Waals surface area (Å²) in [4.78, 5) is 0.668. The van der Waals surface area contributed by atoms with E-state index in [-0.39, 0.29) is 12.4 Å². The van der Waals surface area contributed by atoms with Gasteiger partial charge in [-0.15, -0.1) is 10.2 Å². The Hall–Kier alpha value is -2.81. The van der Waals surface area contributed by atoms with E-state index in [9.17, 15) is 4.39 Å². The first-order valence-electron chi connectivity index (χ1n) is 7.75. The van der Waals surface area contributed by atoms with E-state index in [4.69, 9.17) is 4.74 Å². The van der Waals surface area contributed by atoms with Gasteiger partial charge in [-0.25, -0.2) is 4.39 Å². The summed E-state index contributed by atoms with van der Waals surface area (Å²) in [6.45, 7) is 4.45. The smallest absolute Gasteiger partial charge is 0.235 e. The number of hydrogen-bond donors (Lipinski definition) is 1. The highest BCUT2D eigenvalue weighted by atomic mass is 32.1. The molecule has 7 nitrogen and oxygen atoms in total. The molecule has 0 saturated carbocycles. The fourth-order valence-electron chi connectivity index (χ4n) is 2.30. The first-order valence-corrected chi connectivity index (χ1v) is 8.57. The lowest BCUT2D eigenvalue weighted by Crippen LogP contribution is -1.97. The van der Waals surface area contributed by atoms with Crippen LogP contribution in [0.3, 0.4) is 0 Å². The average molecular weight is 358 g/mol. The van der Waals surface area contributed by atoms with E-state index in [1.54, 1.807) is 16.6 Å². The van der Waals surface area contributed by atoms with Crippen molar-refractivity contribution < 1.29 is 9.13 Å². The van der Waals surface area contributed by atoms with Crippen molar-refractivity contribution in [3.8, 4) is 17.3 Å². The molecule has 0 radical (unpaired) electrons. The Morgan fingerprint density at radius 3 is 2.76 bits per heavy atom. The molecule has 0 aliphatic heterocycles. The number of ether oxygens (including phenoxy) is 1. The van der Waals surface area contributed by atoms with Crippen LogP contribution in [0.5, 0.6) is 5.75 Å². The summed E-state index contributed by atoms with van der Waals surface area (Å²) in [5.41, 5.74) is 1.73. The Kier molecular flexibility index (Phi) is 3.92. The van der Waals surface area contributed by atoms with Crippen LogP contribution in [0, 0.1) is 5.82 Å². The summed E-state index contributed by atoms with van der Waals surface area (Å²) < 4.78 is 20.2. The number of halogens is 1. The normalized spacial score (nSPS) is 11.5. The summed E-state index contributed by atoms with van der Waals surface area (Å²) in [5.74, 6) is 1.22. The third-order valence-electron chi connectivity index (χ3n) is 3.66. The van der Waals surface area contributed by atoms with Gasteiger partial charge in [0.05, 0.1) is 0 Å². The van der Waals surface area contributed by atoms with Gasteiger partial charge in [-0.1, -0.05) is 25.2 Å². The van der Waals surface area contributed by atoms with Crippen LogP contribution in [-0.2, 0) is 6.61 Å². The van der Waals surface area contributed by atoms with Crippen LogP contribution in [0.2, 0.25) is 0 Å². The Bertz CT molecular complexity index is 1000. The fourth-order valence-corrected chi connectivity index (χ4v) is 3.04. The zero-order valence-corrected chi connectivity index (χ0v) is 14.4. The SMILES string of the molecule is CC(C)c1cc(-c2nnc3sc(COc4ccc(F)cc4)nn23)n[nH]1. The molecular weight excluding hydrogens is 343 g/mol. The van der Waals surface area contributed by atoms with E-state index in [0.717, 1.165) is 10.7 Å². The lowest BCUT2D eigenvalue weighted by Gasteiger charge is -2.02. The zero-order chi connectivity index (χ0) is 17.4. The molecule has 0 saturated heterocycles. The second kappa shape index (κ2) is 6.25. The minimum absolute atomic E-state index is 0.275. The standard InChI is InChI=1S/C16H15FN6OS/c1-9(2)12-7-13(19-18-12)15-20-21-16-23(15)22-14(25-16)8-24-11-5-3-10(17)4-6-11/h3-7,9H,8H2,1-2H3,(H,18,19). The second-order valence-electron chi connectivity index (χ2n) is 5.82. The van der Waals surface area contributed by atoms with Crippen molar-refractivity contribution in [2.45, 2.75) is 26.4 Å². The van der Waals surface area contributed by atoms with Crippen LogP contribution >= 0.6 is 11.3 Å². The average Bonchev–Trinajstić information content (AvgIpc) is 3.29. The highest BCUT2D eigenvalue weighted by Crippen LogP contribution is 2.23. The molecule has 3 aromatic heterocycles. The molecular formula is C16H15FN6OS. The van der Waals surface area contributed by atoms with Crippen molar-refractivity contribution in [1.29, 1.82) is 0 Å². The Morgan fingerprint density at radius 2 is 2.04 bits per heavy atom. The second-order valence-corrected chi connectivity index (χ2v) is 6.86. The van der Waals surface area contributed by atoms with Crippen LogP contribution in [0.25, 0.3) is 16.5 Å². The lowest BCUT2D eigenvalue weighted by molar-refractivity contribution is 0.303. The van der Waals surface area contributed by atoms with Crippen LogP contribution in [0.1, 0.15) is 30.5 Å². The first kappa shape index (κ1) is 15.7. The Morgan fingerprint density at radius 1 is 1.24 bits per heavy atom. The molecule has 3 heterocycles. The molecule has 1 N–H and O–H groups in total. The minimum atomic E-state index is -0.296. The summed E-state index contributed by atoms with van der Waals surface area (Å²) in [6.07, 6.45) is 0. The molecule has 0 aliphatic carbocycles. The van der Waals surface area contributed by atoms with Crippen molar-refractivity contribution in [2.24, 2.45) is 0 Å². The van der Waals surface area contributed by atoms with Gasteiger partial charge in [-0.3, -0.25) is 5.10 Å². The number of rotatable bonds is 5. The van der Waals surface area contributed by atoms with Gasteiger partial charge in [-0.05, 0) is 36.2 Å². The maximum atomic E-state index is 12.9. The Labute approximate surface area is 146 Å². The van der Waals surface area contributed by atoms with Crippen LogP contribution < -0.4 is 4.74 Å². The van der Waals surface area contributed by atoms with E-state index in [0.29, 0.717) is 28.1 Å². The van der Waals surface area contributed by atoms with Gasteiger partial charge >= 0.3 is 0 Å². The maximum absolute atomic E-state index is 12.9. The van der Waals surface area contributed by atoms with Crippen LogP contribution in [-0.4, -0.2) is 30.0 Å². The molecule has 4 aromatic rings. The number of nitrogens with zero attached hydrogens (tertiary/aromatic N) is 5. The molecule has 25 heavy (non-hydrogen) atoms. The van der Waals surface area contributed by atoms with E-state index in [1.165, 1.54) is 23.5 Å². The van der Waals surface area contributed by atoms with Gasteiger partial charge in [-0.2, -0.15) is 14.7 Å². The zero-order valence-electron chi connectivity index (χ0n) is 13.6. The maximum Gasteiger partial charge on any atom is 0.235 e. The number of aromatic nitrogens is 6. The van der Waals surface area contributed by atoms with Gasteiger partial charge in [0.1, 0.15) is 23.9 Å². The van der Waals surface area contributed by atoms with E-state index in [2.05, 4.69) is 39.3 Å². The summed E-state index contributed by atoms with van der Waals surface area (Å²) >= 11 is 1.39. The highest BCUT2D eigenvalue weighted by Gasteiger charge is 2.17. The van der Waals surface area contributed by atoms with Gasteiger partial charge in [0.25, 0.3) is 0 Å². The molecule has 9 heteroatoms. The molecule has 1 aromatic carbocycles. The monoisotopic (exact) mass is 358 g/mol. The summed E-state index contributed by atoms with van der Waals surface area (Å²) in [7, 11) is 0. The van der Waals surface area contributed by atoms with Gasteiger partial charge in [0.2, 0.25) is 10.8 Å². The van der Waals surface area contributed by atoms with Crippen molar-refractivity contribution in [2.75, 3.05) is 0 Å². The molecule has 0 amide bonds. The largest absolute Gasteiger partial charge is 0.486 e. The Balaban J connectivity index is 1.56. The van der Waals surface area contributed by atoms with E-state index in [1.807, 2.05) is 6.07 Å². The van der Waals surface area contributed by atoms with Crippen molar-refractivity contribution in [3.05, 3.63) is 46.9 Å². The summed E-state index contributed by atoms with van der Waals surface area (Å²) in [6, 6.07) is 7.83. The molecule has 0 aliphatic rings. The number of H-pyrrole nitrogens is 1. The first-order chi connectivity index (χ1) is 12.1. The van der Waals surface area contributed by atoms with Crippen molar-refractivity contribution >= 4 is 16.3 Å². The van der Waals surface area contributed by atoms with Crippen molar-refractivity contribution in [1.82, 2.24) is 30.0 Å². The highest BCUT2D eigenvalue weighted by molar-refractivity contribution is 7.16. The third-order valence-corrected chi connectivity index (χ3v) is 4.53. The molecule has 0 atom stereocenters.